The highest BCUT2D eigenvalue weighted by Gasteiger charge is 2.38. The third kappa shape index (κ3) is 2.11. The smallest absolute Gasteiger partial charge is 0.327 e. The Balaban J connectivity index is 2.01. The summed E-state index contributed by atoms with van der Waals surface area (Å²) in [6.07, 6.45) is 1.02. The van der Waals surface area contributed by atoms with Gasteiger partial charge in [-0.15, -0.1) is 11.8 Å². The zero-order valence-electron chi connectivity index (χ0n) is 9.26. The van der Waals surface area contributed by atoms with Crippen LogP contribution in [-0.2, 0) is 4.79 Å². The number of thioether (sulfide) groups is 1. The molecule has 5 nitrogen and oxygen atoms in total. The fourth-order valence-corrected chi connectivity index (χ4v) is 3.26. The first-order chi connectivity index (χ1) is 7.59. The molecule has 1 N–H and O–H groups in total. The fourth-order valence-electron chi connectivity index (χ4n) is 2.13. The van der Waals surface area contributed by atoms with Crippen molar-refractivity contribution in [3.63, 3.8) is 0 Å². The van der Waals surface area contributed by atoms with Crippen LogP contribution in [0.5, 0.6) is 0 Å². The van der Waals surface area contributed by atoms with Crippen LogP contribution < -0.4 is 0 Å². The molecule has 0 aliphatic carbocycles. The van der Waals surface area contributed by atoms with E-state index >= 15 is 0 Å². The molecule has 0 bridgehead atoms. The molecule has 6 heteroatoms. The molecule has 2 aliphatic rings. The first kappa shape index (κ1) is 11.6. The Labute approximate surface area is 98.8 Å². The van der Waals surface area contributed by atoms with Crippen LogP contribution in [0.25, 0.3) is 0 Å². The van der Waals surface area contributed by atoms with Gasteiger partial charge in [-0.1, -0.05) is 6.92 Å². The van der Waals surface area contributed by atoms with Crippen LogP contribution in [-0.4, -0.2) is 57.7 Å². The van der Waals surface area contributed by atoms with Crippen LogP contribution in [0.4, 0.5) is 4.79 Å². The molecule has 0 aromatic carbocycles. The molecule has 0 radical (unpaired) electrons. The summed E-state index contributed by atoms with van der Waals surface area (Å²) in [7, 11) is 0. The maximum Gasteiger partial charge on any atom is 0.327 e. The van der Waals surface area contributed by atoms with Crippen LogP contribution in [0.2, 0.25) is 0 Å². The monoisotopic (exact) mass is 244 g/mol. The van der Waals surface area contributed by atoms with E-state index in [9.17, 15) is 9.59 Å². The van der Waals surface area contributed by atoms with Crippen molar-refractivity contribution in [1.82, 2.24) is 9.80 Å². The summed E-state index contributed by atoms with van der Waals surface area (Å²) in [5.41, 5.74) is 0. The van der Waals surface area contributed by atoms with E-state index in [2.05, 4.69) is 6.92 Å². The van der Waals surface area contributed by atoms with Gasteiger partial charge in [-0.3, -0.25) is 0 Å². The van der Waals surface area contributed by atoms with E-state index in [1.165, 1.54) is 16.7 Å². The lowest BCUT2D eigenvalue weighted by Gasteiger charge is -2.26. The molecule has 0 aromatic rings. The van der Waals surface area contributed by atoms with Gasteiger partial charge < -0.3 is 14.9 Å². The molecule has 1 unspecified atom stereocenters. The van der Waals surface area contributed by atoms with Crippen LogP contribution in [0.1, 0.15) is 13.3 Å². The van der Waals surface area contributed by atoms with Crippen LogP contribution in [0, 0.1) is 5.92 Å². The van der Waals surface area contributed by atoms with Crippen molar-refractivity contribution in [3.05, 3.63) is 0 Å². The number of nitrogens with zero attached hydrogens (tertiary/aromatic N) is 2. The first-order valence-electron chi connectivity index (χ1n) is 5.45. The maximum absolute atomic E-state index is 12.1. The third-order valence-corrected chi connectivity index (χ3v) is 4.12. The highest BCUT2D eigenvalue weighted by atomic mass is 32.2. The normalized spacial score (nSPS) is 29.8. The minimum Gasteiger partial charge on any atom is -0.480 e. The molecule has 2 atom stereocenters. The van der Waals surface area contributed by atoms with Crippen LogP contribution in [0.3, 0.4) is 0 Å². The number of hydrogen-bond acceptors (Lipinski definition) is 3. The number of carboxylic acids is 1. The number of carboxylic acid groups (broad SMARTS) is 1. The molecular formula is C10H16N2O3S. The van der Waals surface area contributed by atoms with E-state index < -0.39 is 12.0 Å². The summed E-state index contributed by atoms with van der Waals surface area (Å²) in [5, 5.41) is 9.00. The van der Waals surface area contributed by atoms with Gasteiger partial charge in [0.15, 0.2) is 0 Å². The number of urea groups is 1. The molecule has 2 fully saturated rings. The lowest BCUT2D eigenvalue weighted by Crippen LogP contribution is -2.48. The highest BCUT2D eigenvalue weighted by molar-refractivity contribution is 7.99. The Bertz CT molecular complexity index is 310. The van der Waals surface area contributed by atoms with Crippen molar-refractivity contribution >= 4 is 23.8 Å². The van der Waals surface area contributed by atoms with E-state index in [1.807, 2.05) is 0 Å². The molecule has 2 aliphatic heterocycles. The second-order valence-corrected chi connectivity index (χ2v) is 5.45. The summed E-state index contributed by atoms with van der Waals surface area (Å²) in [5.74, 6) is 0.638. The van der Waals surface area contributed by atoms with Gasteiger partial charge in [0.2, 0.25) is 0 Å². The number of aliphatic carboxylic acids is 1. The molecule has 16 heavy (non-hydrogen) atoms. The Morgan fingerprint density at radius 3 is 2.75 bits per heavy atom. The SMILES string of the molecule is CC1CCN(C(=O)N2CSC[C@H]2C(=O)O)C1. The Kier molecular flexibility index (Phi) is 3.28. The molecule has 90 valence electrons. The quantitative estimate of drug-likeness (QED) is 0.744. The average Bonchev–Trinajstić information content (AvgIpc) is 2.84. The van der Waals surface area contributed by atoms with Gasteiger partial charge in [0.1, 0.15) is 6.04 Å². The van der Waals surface area contributed by atoms with Crippen molar-refractivity contribution in [2.24, 2.45) is 5.92 Å². The Morgan fingerprint density at radius 2 is 2.19 bits per heavy atom. The lowest BCUT2D eigenvalue weighted by atomic mass is 10.2. The summed E-state index contributed by atoms with van der Waals surface area (Å²) in [6.45, 7) is 3.63. The molecule has 0 spiro atoms. The molecule has 0 saturated carbocycles. The number of likely N-dealkylation sites (tertiary alicyclic amines) is 1. The number of carbonyl (C=O) groups is 2. The second-order valence-electron chi connectivity index (χ2n) is 4.45. The van der Waals surface area contributed by atoms with Crippen LogP contribution >= 0.6 is 11.8 Å². The molecule has 2 heterocycles. The minimum atomic E-state index is -0.898. The van der Waals surface area contributed by atoms with Crippen molar-refractivity contribution < 1.29 is 14.7 Å². The molecule has 2 rings (SSSR count). The highest BCUT2D eigenvalue weighted by Crippen LogP contribution is 2.25. The topological polar surface area (TPSA) is 60.9 Å². The third-order valence-electron chi connectivity index (χ3n) is 3.11. The molecule has 0 aromatic heterocycles. The fraction of sp³-hybridized carbons (Fsp3) is 0.800. The van der Waals surface area contributed by atoms with E-state index in [0.29, 0.717) is 17.5 Å². The summed E-state index contributed by atoms with van der Waals surface area (Å²) in [4.78, 5) is 26.3. The zero-order chi connectivity index (χ0) is 11.7. The van der Waals surface area contributed by atoms with Gasteiger partial charge >= 0.3 is 12.0 Å². The lowest BCUT2D eigenvalue weighted by molar-refractivity contribution is -0.140. The van der Waals surface area contributed by atoms with Crippen molar-refractivity contribution in [1.29, 1.82) is 0 Å². The predicted octanol–water partition coefficient (Wildman–Crippen LogP) is 0.908. The van der Waals surface area contributed by atoms with E-state index in [4.69, 9.17) is 5.11 Å². The first-order valence-corrected chi connectivity index (χ1v) is 6.61. The summed E-state index contributed by atoms with van der Waals surface area (Å²) >= 11 is 1.50. The number of carbonyl (C=O) groups excluding carboxylic acids is 1. The van der Waals surface area contributed by atoms with Gasteiger partial charge in [0, 0.05) is 18.8 Å². The molecule has 2 amide bonds. The Hall–Kier alpha value is -0.910. The van der Waals surface area contributed by atoms with Crippen molar-refractivity contribution in [2.45, 2.75) is 19.4 Å². The minimum absolute atomic E-state index is 0.109. The predicted molar refractivity (Wildman–Crippen MR) is 61.3 cm³/mol. The molecule has 2 saturated heterocycles. The Morgan fingerprint density at radius 1 is 1.44 bits per heavy atom. The van der Waals surface area contributed by atoms with Gasteiger partial charge in [0.25, 0.3) is 0 Å². The van der Waals surface area contributed by atoms with Crippen LogP contribution in [0.15, 0.2) is 0 Å². The van der Waals surface area contributed by atoms with E-state index in [-0.39, 0.29) is 6.03 Å². The standard InChI is InChI=1S/C10H16N2O3S/c1-7-2-3-11(4-7)10(15)12-6-16-5-8(12)9(13)14/h7-8H,2-6H2,1H3,(H,13,14)/t7?,8-/m0/s1. The number of rotatable bonds is 1. The largest absolute Gasteiger partial charge is 0.480 e. The van der Waals surface area contributed by atoms with E-state index in [1.54, 1.807) is 4.90 Å². The van der Waals surface area contributed by atoms with E-state index in [0.717, 1.165) is 19.5 Å². The molecular weight excluding hydrogens is 228 g/mol. The number of amides is 2. The maximum atomic E-state index is 12.1. The van der Waals surface area contributed by atoms with Gasteiger partial charge in [-0.05, 0) is 12.3 Å². The average molecular weight is 244 g/mol. The number of hydrogen-bond donors (Lipinski definition) is 1. The van der Waals surface area contributed by atoms with Gasteiger partial charge in [0.05, 0.1) is 5.88 Å². The summed E-state index contributed by atoms with van der Waals surface area (Å²) in [6, 6.07) is -0.754. The van der Waals surface area contributed by atoms with Gasteiger partial charge in [-0.2, -0.15) is 0 Å². The second kappa shape index (κ2) is 4.53. The van der Waals surface area contributed by atoms with Crippen molar-refractivity contribution in [2.75, 3.05) is 24.7 Å². The van der Waals surface area contributed by atoms with Gasteiger partial charge in [-0.25, -0.2) is 9.59 Å². The zero-order valence-corrected chi connectivity index (χ0v) is 10.1. The van der Waals surface area contributed by atoms with Crippen molar-refractivity contribution in [3.8, 4) is 0 Å². The summed E-state index contributed by atoms with van der Waals surface area (Å²) < 4.78 is 0.